The smallest absolute Gasteiger partial charge is 0.276 e. The molecule has 2 amide bonds. The second-order valence-corrected chi connectivity index (χ2v) is 10.0. The lowest BCUT2D eigenvalue weighted by molar-refractivity contribution is -0.138. The van der Waals surface area contributed by atoms with Crippen molar-refractivity contribution < 1.29 is 19.1 Å². The van der Waals surface area contributed by atoms with Crippen LogP contribution in [0.2, 0.25) is 5.02 Å². The van der Waals surface area contributed by atoms with E-state index in [4.69, 9.17) is 16.0 Å². The van der Waals surface area contributed by atoms with Crippen molar-refractivity contribution in [2.45, 2.75) is 56.6 Å². The number of nitrogens with zero attached hydrogens (tertiary/aromatic N) is 4. The van der Waals surface area contributed by atoms with E-state index >= 15 is 0 Å². The van der Waals surface area contributed by atoms with Crippen molar-refractivity contribution >= 4 is 28.9 Å². The van der Waals surface area contributed by atoms with Gasteiger partial charge >= 0.3 is 0 Å². The van der Waals surface area contributed by atoms with Gasteiger partial charge in [-0.1, -0.05) is 11.6 Å². The molecule has 3 fully saturated rings. The van der Waals surface area contributed by atoms with Crippen LogP contribution in [0.3, 0.4) is 0 Å². The first-order valence-corrected chi connectivity index (χ1v) is 12.4. The van der Waals surface area contributed by atoms with Crippen LogP contribution in [0.5, 0.6) is 0 Å². The summed E-state index contributed by atoms with van der Waals surface area (Å²) in [6, 6.07) is 7.90. The molecule has 3 aromatic rings. The highest BCUT2D eigenvalue weighted by Crippen LogP contribution is 2.43. The summed E-state index contributed by atoms with van der Waals surface area (Å²) in [7, 11) is 0. The first kappa shape index (κ1) is 21.7. The fraction of sp³-hybridized carbons (Fsp3) is 0.480. The number of halogens is 1. The summed E-state index contributed by atoms with van der Waals surface area (Å²) in [5.41, 5.74) is 2.75. The van der Waals surface area contributed by atoms with E-state index in [0.29, 0.717) is 35.3 Å². The Kier molecular flexibility index (Phi) is 5.37. The van der Waals surface area contributed by atoms with E-state index in [9.17, 15) is 14.7 Å². The number of pyridine rings is 1. The van der Waals surface area contributed by atoms with Crippen LogP contribution in [-0.4, -0.2) is 68.1 Å². The third-order valence-corrected chi connectivity index (χ3v) is 7.75. The number of aliphatic hydroxyl groups is 1. The summed E-state index contributed by atoms with van der Waals surface area (Å²) in [4.78, 5) is 29.8. The predicted octanol–water partition coefficient (Wildman–Crippen LogP) is 3.71. The van der Waals surface area contributed by atoms with E-state index in [2.05, 4.69) is 11.2 Å². The molecule has 3 aromatic heterocycles. The van der Waals surface area contributed by atoms with Crippen LogP contribution >= 0.6 is 11.6 Å². The van der Waals surface area contributed by atoms with E-state index in [1.165, 1.54) is 5.56 Å². The van der Waals surface area contributed by atoms with Crippen molar-refractivity contribution in [3.8, 4) is 11.5 Å². The van der Waals surface area contributed by atoms with Gasteiger partial charge in [0.15, 0.2) is 11.5 Å². The zero-order valence-corrected chi connectivity index (χ0v) is 19.6. The normalized spacial score (nSPS) is 23.6. The van der Waals surface area contributed by atoms with Gasteiger partial charge in [0.25, 0.3) is 5.91 Å². The van der Waals surface area contributed by atoms with Crippen LogP contribution in [0.15, 0.2) is 34.9 Å². The zero-order valence-electron chi connectivity index (χ0n) is 18.8. The Labute approximate surface area is 202 Å². The van der Waals surface area contributed by atoms with E-state index in [0.717, 1.165) is 44.2 Å². The van der Waals surface area contributed by atoms with Crippen molar-refractivity contribution in [3.63, 3.8) is 0 Å². The Morgan fingerprint density at radius 1 is 1.12 bits per heavy atom. The molecule has 0 bridgehead atoms. The Balaban J connectivity index is 1.28. The number of carbonyl (C=O) groups is 2. The monoisotopic (exact) mass is 482 g/mol. The molecular formula is C25H27ClN4O4. The standard InChI is InChI=1S/C25H27ClN4O4/c26-23-20-13-16(15-3-4-15)12-19(21-2-1-11-34-21)30(20)27-24(23)25(33)28-9-10-29(22(32)14-28)17-5-7-18(31)8-6-17/h1-2,11-13,15,17-18,31H,3-10,14H2. The van der Waals surface area contributed by atoms with Gasteiger partial charge in [-0.15, -0.1) is 0 Å². The minimum atomic E-state index is -0.334. The largest absolute Gasteiger partial charge is 0.463 e. The number of hydrogen-bond donors (Lipinski definition) is 1. The van der Waals surface area contributed by atoms with Gasteiger partial charge in [0.2, 0.25) is 5.91 Å². The average molecular weight is 483 g/mol. The molecule has 0 aromatic carbocycles. The molecule has 0 spiro atoms. The number of aliphatic hydroxyl groups excluding tert-OH is 1. The molecule has 8 nitrogen and oxygen atoms in total. The number of hydrogen-bond acceptors (Lipinski definition) is 5. The molecule has 34 heavy (non-hydrogen) atoms. The summed E-state index contributed by atoms with van der Waals surface area (Å²) >= 11 is 6.72. The number of rotatable bonds is 4. The zero-order chi connectivity index (χ0) is 23.4. The predicted molar refractivity (Wildman–Crippen MR) is 126 cm³/mol. The maximum Gasteiger partial charge on any atom is 0.276 e. The molecule has 1 aliphatic heterocycles. The molecule has 6 rings (SSSR count). The molecule has 2 saturated carbocycles. The highest BCUT2D eigenvalue weighted by Gasteiger charge is 2.35. The van der Waals surface area contributed by atoms with Crippen molar-refractivity contribution in [1.29, 1.82) is 0 Å². The van der Waals surface area contributed by atoms with Gasteiger partial charge in [-0.2, -0.15) is 5.10 Å². The van der Waals surface area contributed by atoms with Crippen molar-refractivity contribution in [3.05, 3.63) is 46.8 Å². The second kappa shape index (κ2) is 8.43. The summed E-state index contributed by atoms with van der Waals surface area (Å²) in [6.07, 6.45) is 6.66. The first-order chi connectivity index (χ1) is 16.5. The van der Waals surface area contributed by atoms with Crippen molar-refractivity contribution in [1.82, 2.24) is 19.4 Å². The van der Waals surface area contributed by atoms with Crippen LogP contribution in [0.1, 0.15) is 60.5 Å². The van der Waals surface area contributed by atoms with Gasteiger partial charge in [0, 0.05) is 19.1 Å². The maximum absolute atomic E-state index is 13.4. The van der Waals surface area contributed by atoms with Crippen molar-refractivity contribution in [2.24, 2.45) is 0 Å². The topological polar surface area (TPSA) is 91.3 Å². The molecule has 3 aliphatic rings. The average Bonchev–Trinajstić information content (AvgIpc) is 3.45. The molecule has 0 radical (unpaired) electrons. The van der Waals surface area contributed by atoms with Gasteiger partial charge in [0.05, 0.1) is 22.9 Å². The molecule has 1 N–H and O–H groups in total. The van der Waals surface area contributed by atoms with Gasteiger partial charge in [-0.05, 0) is 74.3 Å². The number of furan rings is 1. The van der Waals surface area contributed by atoms with Gasteiger partial charge in [-0.25, -0.2) is 4.52 Å². The van der Waals surface area contributed by atoms with Crippen LogP contribution in [-0.2, 0) is 4.79 Å². The summed E-state index contributed by atoms with van der Waals surface area (Å²) in [5, 5.41) is 14.7. The Morgan fingerprint density at radius 3 is 2.59 bits per heavy atom. The second-order valence-electron chi connectivity index (χ2n) is 9.66. The Bertz CT molecular complexity index is 1240. The Hall–Kier alpha value is -2.84. The number of aromatic nitrogens is 2. The van der Waals surface area contributed by atoms with Crippen LogP contribution < -0.4 is 0 Å². The van der Waals surface area contributed by atoms with E-state index < -0.39 is 0 Å². The van der Waals surface area contributed by atoms with Crippen LogP contribution in [0.25, 0.3) is 17.0 Å². The first-order valence-electron chi connectivity index (χ1n) is 12.0. The minimum Gasteiger partial charge on any atom is -0.463 e. The number of carbonyl (C=O) groups excluding carboxylic acids is 2. The molecular weight excluding hydrogens is 456 g/mol. The molecule has 4 heterocycles. The fourth-order valence-electron chi connectivity index (χ4n) is 5.29. The van der Waals surface area contributed by atoms with Crippen molar-refractivity contribution in [2.75, 3.05) is 19.6 Å². The molecule has 0 unspecified atom stereocenters. The lowest BCUT2D eigenvalue weighted by Gasteiger charge is -2.41. The van der Waals surface area contributed by atoms with E-state index in [1.54, 1.807) is 15.7 Å². The number of amides is 2. The minimum absolute atomic E-state index is 0.0143. The summed E-state index contributed by atoms with van der Waals surface area (Å²) in [6.45, 7) is 0.937. The van der Waals surface area contributed by atoms with Gasteiger partial charge in [-0.3, -0.25) is 9.59 Å². The summed E-state index contributed by atoms with van der Waals surface area (Å²) < 4.78 is 7.31. The number of fused-ring (bicyclic) bond motifs is 1. The SMILES string of the molecule is O=C(c1nn2c(-c3ccco3)cc(C3CC3)cc2c1Cl)N1CCN(C2CCC(O)CC2)C(=O)C1. The van der Waals surface area contributed by atoms with E-state index in [1.807, 2.05) is 23.1 Å². The maximum atomic E-state index is 13.4. The van der Waals surface area contributed by atoms with E-state index in [-0.39, 0.29) is 36.2 Å². The molecule has 0 atom stereocenters. The van der Waals surface area contributed by atoms with Crippen LogP contribution in [0.4, 0.5) is 0 Å². The lowest BCUT2D eigenvalue weighted by Crippen LogP contribution is -2.56. The van der Waals surface area contributed by atoms with Gasteiger partial charge in [0.1, 0.15) is 12.2 Å². The Morgan fingerprint density at radius 2 is 1.91 bits per heavy atom. The fourth-order valence-corrected chi connectivity index (χ4v) is 5.55. The number of piperazine rings is 1. The van der Waals surface area contributed by atoms with Gasteiger partial charge < -0.3 is 19.3 Å². The molecule has 2 aliphatic carbocycles. The lowest BCUT2D eigenvalue weighted by atomic mass is 9.91. The van der Waals surface area contributed by atoms with Crippen LogP contribution in [0, 0.1) is 0 Å². The third kappa shape index (κ3) is 3.79. The highest BCUT2D eigenvalue weighted by atomic mass is 35.5. The molecule has 9 heteroatoms. The highest BCUT2D eigenvalue weighted by molar-refractivity contribution is 6.37. The summed E-state index contributed by atoms with van der Waals surface area (Å²) in [5.74, 6) is 0.759. The quantitative estimate of drug-likeness (QED) is 0.612. The molecule has 1 saturated heterocycles. The molecule has 178 valence electrons. The third-order valence-electron chi connectivity index (χ3n) is 7.37.